The van der Waals surface area contributed by atoms with Crippen LogP contribution in [-0.4, -0.2) is 10.1 Å². The largest absolute Gasteiger partial charge is 0.429 e. The predicted octanol–water partition coefficient (Wildman–Crippen LogP) is 2.89. The Morgan fingerprint density at radius 2 is 1.85 bits per heavy atom. The van der Waals surface area contributed by atoms with E-state index in [4.69, 9.17) is 16.0 Å². The van der Waals surface area contributed by atoms with Crippen molar-refractivity contribution in [3.05, 3.63) is 16.8 Å². The van der Waals surface area contributed by atoms with Gasteiger partial charge in [0.05, 0.1) is 0 Å². The average Bonchev–Trinajstić information content (AvgIpc) is 2.33. The summed E-state index contributed by atoms with van der Waals surface area (Å²) < 4.78 is 4.94. The van der Waals surface area contributed by atoms with Crippen molar-refractivity contribution in [2.24, 2.45) is 0 Å². The van der Waals surface area contributed by atoms with Gasteiger partial charge >= 0.3 is 0 Å². The number of hydrogen-bond donors (Lipinski definition) is 1. The SMILES string of the molecule is CC.Cc1nc(C(C)(C)O)c(Cl)o1. The smallest absolute Gasteiger partial charge is 0.220 e. The maximum Gasteiger partial charge on any atom is 0.220 e. The molecular formula is C9H16ClNO2. The summed E-state index contributed by atoms with van der Waals surface area (Å²) in [6, 6.07) is 0. The van der Waals surface area contributed by atoms with E-state index in [-0.39, 0.29) is 5.22 Å². The average molecular weight is 206 g/mol. The standard InChI is InChI=1S/C7H10ClNO2.C2H6/c1-4-9-5(6(8)11-4)7(2,3)10;1-2/h10H,1-3H3;1-2H3. The number of oxazole rings is 1. The highest BCUT2D eigenvalue weighted by atomic mass is 35.5. The molecule has 1 rings (SSSR count). The minimum atomic E-state index is -1.03. The number of aromatic nitrogens is 1. The Morgan fingerprint density at radius 1 is 1.38 bits per heavy atom. The van der Waals surface area contributed by atoms with Gasteiger partial charge in [-0.15, -0.1) is 0 Å². The van der Waals surface area contributed by atoms with E-state index in [1.54, 1.807) is 20.8 Å². The molecule has 0 bridgehead atoms. The van der Waals surface area contributed by atoms with E-state index in [0.29, 0.717) is 11.6 Å². The zero-order valence-electron chi connectivity index (χ0n) is 8.68. The fraction of sp³-hybridized carbons (Fsp3) is 0.667. The van der Waals surface area contributed by atoms with E-state index in [2.05, 4.69) is 4.98 Å². The molecule has 76 valence electrons. The van der Waals surface area contributed by atoms with Crippen molar-refractivity contribution >= 4 is 11.6 Å². The molecule has 1 heterocycles. The van der Waals surface area contributed by atoms with Gasteiger partial charge < -0.3 is 9.52 Å². The van der Waals surface area contributed by atoms with Crippen LogP contribution in [0.25, 0.3) is 0 Å². The summed E-state index contributed by atoms with van der Waals surface area (Å²) in [7, 11) is 0. The third kappa shape index (κ3) is 3.36. The first-order valence-corrected chi connectivity index (χ1v) is 4.65. The van der Waals surface area contributed by atoms with Crippen molar-refractivity contribution < 1.29 is 9.52 Å². The quantitative estimate of drug-likeness (QED) is 0.767. The van der Waals surface area contributed by atoms with E-state index in [1.165, 1.54) is 0 Å². The van der Waals surface area contributed by atoms with Crippen LogP contribution in [0, 0.1) is 6.92 Å². The van der Waals surface area contributed by atoms with Gasteiger partial charge in [0, 0.05) is 6.92 Å². The van der Waals surface area contributed by atoms with E-state index in [1.807, 2.05) is 13.8 Å². The van der Waals surface area contributed by atoms with Crippen LogP contribution in [0.1, 0.15) is 39.3 Å². The number of nitrogens with zero attached hydrogens (tertiary/aromatic N) is 1. The normalized spacial score (nSPS) is 10.7. The third-order valence-electron chi connectivity index (χ3n) is 1.27. The Balaban J connectivity index is 0.000000671. The van der Waals surface area contributed by atoms with Crippen LogP contribution in [0.5, 0.6) is 0 Å². The Kier molecular flexibility index (Phi) is 4.44. The summed E-state index contributed by atoms with van der Waals surface area (Å²) in [4.78, 5) is 3.93. The molecular weight excluding hydrogens is 190 g/mol. The molecule has 0 unspecified atom stereocenters. The summed E-state index contributed by atoms with van der Waals surface area (Å²) in [6.45, 7) is 8.90. The number of hydrogen-bond acceptors (Lipinski definition) is 3. The van der Waals surface area contributed by atoms with Gasteiger partial charge in [0.1, 0.15) is 11.3 Å². The first kappa shape index (κ1) is 12.5. The van der Waals surface area contributed by atoms with E-state index >= 15 is 0 Å². The van der Waals surface area contributed by atoms with E-state index < -0.39 is 5.60 Å². The molecule has 13 heavy (non-hydrogen) atoms. The first-order valence-electron chi connectivity index (χ1n) is 4.27. The second-order valence-corrected chi connectivity index (χ2v) is 3.26. The molecule has 4 heteroatoms. The zero-order chi connectivity index (χ0) is 10.6. The third-order valence-corrected chi connectivity index (χ3v) is 1.53. The minimum Gasteiger partial charge on any atom is -0.429 e. The van der Waals surface area contributed by atoms with Crippen molar-refractivity contribution in [3.8, 4) is 0 Å². The molecule has 0 aliphatic heterocycles. The highest BCUT2D eigenvalue weighted by Crippen LogP contribution is 2.27. The minimum absolute atomic E-state index is 0.162. The maximum absolute atomic E-state index is 9.48. The Hall–Kier alpha value is -0.540. The van der Waals surface area contributed by atoms with Crippen LogP contribution in [0.4, 0.5) is 0 Å². The lowest BCUT2D eigenvalue weighted by atomic mass is 10.1. The molecule has 0 fully saturated rings. The van der Waals surface area contributed by atoms with Gasteiger partial charge in [-0.3, -0.25) is 0 Å². The number of aryl methyl sites for hydroxylation is 1. The molecule has 1 aromatic rings. The molecule has 0 saturated heterocycles. The fourth-order valence-corrected chi connectivity index (χ4v) is 1.16. The predicted molar refractivity (Wildman–Crippen MR) is 52.8 cm³/mol. The molecule has 1 aromatic heterocycles. The Labute approximate surface area is 83.7 Å². The van der Waals surface area contributed by atoms with Gasteiger partial charge in [-0.05, 0) is 25.4 Å². The lowest BCUT2D eigenvalue weighted by Crippen LogP contribution is -2.16. The van der Waals surface area contributed by atoms with Crippen LogP contribution in [0.3, 0.4) is 0 Å². The van der Waals surface area contributed by atoms with Crippen LogP contribution in [0.15, 0.2) is 4.42 Å². The molecule has 3 nitrogen and oxygen atoms in total. The van der Waals surface area contributed by atoms with Crippen LogP contribution >= 0.6 is 11.6 Å². The molecule has 0 aliphatic carbocycles. The summed E-state index contributed by atoms with van der Waals surface area (Å²) in [5, 5.41) is 9.64. The van der Waals surface area contributed by atoms with Crippen molar-refractivity contribution in [1.29, 1.82) is 0 Å². The molecule has 0 aliphatic rings. The van der Waals surface area contributed by atoms with Crippen molar-refractivity contribution in [2.75, 3.05) is 0 Å². The second kappa shape index (κ2) is 4.63. The van der Waals surface area contributed by atoms with Gasteiger partial charge in [0.25, 0.3) is 0 Å². The van der Waals surface area contributed by atoms with Crippen LogP contribution in [-0.2, 0) is 5.60 Å². The van der Waals surface area contributed by atoms with E-state index in [0.717, 1.165) is 0 Å². The lowest BCUT2D eigenvalue weighted by Gasteiger charge is -2.12. The molecule has 0 aromatic carbocycles. The molecule has 0 amide bonds. The number of rotatable bonds is 1. The summed E-state index contributed by atoms with van der Waals surface area (Å²) in [5.41, 5.74) is -0.647. The summed E-state index contributed by atoms with van der Waals surface area (Å²) in [5.74, 6) is 0.465. The highest BCUT2D eigenvalue weighted by Gasteiger charge is 2.24. The van der Waals surface area contributed by atoms with Crippen LogP contribution < -0.4 is 0 Å². The molecule has 0 radical (unpaired) electrons. The Morgan fingerprint density at radius 3 is 2.00 bits per heavy atom. The summed E-state index contributed by atoms with van der Waals surface area (Å²) in [6.07, 6.45) is 0. The molecule has 1 N–H and O–H groups in total. The van der Waals surface area contributed by atoms with Crippen molar-refractivity contribution in [1.82, 2.24) is 4.98 Å². The maximum atomic E-state index is 9.48. The van der Waals surface area contributed by atoms with Gasteiger partial charge in [0.15, 0.2) is 5.89 Å². The van der Waals surface area contributed by atoms with E-state index in [9.17, 15) is 5.11 Å². The molecule has 0 spiro atoms. The van der Waals surface area contributed by atoms with Gasteiger partial charge in [-0.1, -0.05) is 13.8 Å². The van der Waals surface area contributed by atoms with Gasteiger partial charge in [0.2, 0.25) is 5.22 Å². The Bertz CT molecular complexity index is 263. The monoisotopic (exact) mass is 205 g/mol. The fourth-order valence-electron chi connectivity index (χ4n) is 0.780. The molecule has 0 saturated carbocycles. The van der Waals surface area contributed by atoms with Crippen molar-refractivity contribution in [3.63, 3.8) is 0 Å². The molecule has 0 atom stereocenters. The summed E-state index contributed by atoms with van der Waals surface area (Å²) >= 11 is 5.64. The zero-order valence-corrected chi connectivity index (χ0v) is 9.44. The van der Waals surface area contributed by atoms with Gasteiger partial charge in [-0.25, -0.2) is 4.98 Å². The number of aliphatic hydroxyl groups is 1. The second-order valence-electron chi connectivity index (χ2n) is 2.91. The van der Waals surface area contributed by atoms with Crippen LogP contribution in [0.2, 0.25) is 5.22 Å². The highest BCUT2D eigenvalue weighted by molar-refractivity contribution is 6.29. The first-order chi connectivity index (χ1) is 5.91. The number of halogens is 1. The lowest BCUT2D eigenvalue weighted by molar-refractivity contribution is 0.0739. The topological polar surface area (TPSA) is 46.3 Å². The van der Waals surface area contributed by atoms with Gasteiger partial charge in [-0.2, -0.15) is 0 Å². The van der Waals surface area contributed by atoms with Crippen molar-refractivity contribution in [2.45, 2.75) is 40.2 Å².